The van der Waals surface area contributed by atoms with E-state index in [1.807, 2.05) is 30.3 Å². The normalized spacial score (nSPS) is 10.3. The van der Waals surface area contributed by atoms with Gasteiger partial charge >= 0.3 is 0 Å². The topological polar surface area (TPSA) is 38.3 Å². The van der Waals surface area contributed by atoms with Gasteiger partial charge in [-0.1, -0.05) is 59.6 Å². The predicted molar refractivity (Wildman–Crippen MR) is 97.0 cm³/mol. The van der Waals surface area contributed by atoms with Crippen molar-refractivity contribution in [1.82, 2.24) is 5.32 Å². The van der Waals surface area contributed by atoms with E-state index >= 15 is 0 Å². The Morgan fingerprint density at radius 3 is 2.70 bits per heavy atom. The molecule has 0 unspecified atom stereocenters. The monoisotopic (exact) mass is 375 g/mol. The molecule has 2 aromatic carbocycles. The Balaban J connectivity index is 1.95. The zero-order valence-corrected chi connectivity index (χ0v) is 14.9. The lowest BCUT2D eigenvalue weighted by Gasteiger charge is -2.12. The molecule has 0 bridgehead atoms. The van der Waals surface area contributed by atoms with Crippen molar-refractivity contribution < 1.29 is 9.53 Å². The van der Waals surface area contributed by atoms with E-state index in [4.69, 9.17) is 4.74 Å². The molecule has 0 saturated carbocycles. The van der Waals surface area contributed by atoms with E-state index in [-0.39, 0.29) is 5.91 Å². The molecule has 0 spiro atoms. The Labute approximate surface area is 146 Å². The zero-order chi connectivity index (χ0) is 16.5. The first-order valence-corrected chi connectivity index (χ1v) is 8.74. The summed E-state index contributed by atoms with van der Waals surface area (Å²) in [6, 6.07) is 15.7. The van der Waals surface area contributed by atoms with Crippen molar-refractivity contribution in [2.75, 3.05) is 13.2 Å². The summed E-state index contributed by atoms with van der Waals surface area (Å²) in [6.45, 7) is 3.34. The molecule has 0 aromatic heterocycles. The molecule has 2 rings (SSSR count). The third-order valence-corrected chi connectivity index (χ3v) is 3.98. The summed E-state index contributed by atoms with van der Waals surface area (Å²) in [6.07, 6.45) is 2.85. The quantitative estimate of drug-likeness (QED) is 0.684. The van der Waals surface area contributed by atoms with Gasteiger partial charge in [0.2, 0.25) is 0 Å². The van der Waals surface area contributed by atoms with Crippen LogP contribution in [0.1, 0.15) is 35.7 Å². The molecule has 0 fully saturated rings. The Morgan fingerprint density at radius 2 is 1.96 bits per heavy atom. The number of carbonyl (C=O) groups is 1. The van der Waals surface area contributed by atoms with E-state index < -0.39 is 0 Å². The van der Waals surface area contributed by atoms with Gasteiger partial charge in [-0.2, -0.15) is 0 Å². The minimum absolute atomic E-state index is 0.103. The number of unbranched alkanes of at least 4 members (excludes halogenated alkanes) is 1. The van der Waals surface area contributed by atoms with Crippen molar-refractivity contribution in [3.05, 3.63) is 64.1 Å². The maximum absolute atomic E-state index is 12.4. The summed E-state index contributed by atoms with van der Waals surface area (Å²) in [5.74, 6) is 0.535. The molecule has 122 valence electrons. The van der Waals surface area contributed by atoms with Crippen LogP contribution in [0.2, 0.25) is 0 Å². The van der Waals surface area contributed by atoms with Crippen molar-refractivity contribution in [2.45, 2.75) is 26.2 Å². The highest BCUT2D eigenvalue weighted by Gasteiger charge is 2.13. The fourth-order valence-electron chi connectivity index (χ4n) is 2.19. The van der Waals surface area contributed by atoms with Gasteiger partial charge in [-0.15, -0.1) is 0 Å². The van der Waals surface area contributed by atoms with Gasteiger partial charge in [-0.3, -0.25) is 4.79 Å². The van der Waals surface area contributed by atoms with E-state index in [0.29, 0.717) is 24.5 Å². The number of rotatable bonds is 8. The summed E-state index contributed by atoms with van der Waals surface area (Å²) in [5.41, 5.74) is 1.78. The van der Waals surface area contributed by atoms with Crippen molar-refractivity contribution in [1.29, 1.82) is 0 Å². The van der Waals surface area contributed by atoms with Gasteiger partial charge in [-0.05, 0) is 36.6 Å². The van der Waals surface area contributed by atoms with E-state index in [2.05, 4.69) is 40.3 Å². The molecule has 3 nitrogen and oxygen atoms in total. The SMILES string of the molecule is CCCCOc1ccc(Br)cc1C(=O)NCCc1ccccc1. The molecular weight excluding hydrogens is 354 g/mol. The van der Waals surface area contributed by atoms with Crippen LogP contribution in [0.5, 0.6) is 5.75 Å². The van der Waals surface area contributed by atoms with Crippen LogP contribution in [-0.2, 0) is 6.42 Å². The highest BCUT2D eigenvalue weighted by Crippen LogP contribution is 2.23. The number of amides is 1. The molecule has 23 heavy (non-hydrogen) atoms. The first kappa shape index (κ1) is 17.5. The number of hydrogen-bond acceptors (Lipinski definition) is 2. The van der Waals surface area contributed by atoms with Crippen LogP contribution in [0.3, 0.4) is 0 Å². The second-order valence-corrected chi connectivity index (χ2v) is 6.25. The predicted octanol–water partition coefficient (Wildman–Crippen LogP) is 4.60. The van der Waals surface area contributed by atoms with Crippen LogP contribution in [0.25, 0.3) is 0 Å². The van der Waals surface area contributed by atoms with Crippen LogP contribution in [0, 0.1) is 0 Å². The summed E-state index contributed by atoms with van der Waals surface area (Å²) in [4.78, 5) is 12.4. The van der Waals surface area contributed by atoms with Crippen LogP contribution >= 0.6 is 15.9 Å². The third kappa shape index (κ3) is 5.71. The molecule has 0 saturated heterocycles. The molecule has 0 aliphatic heterocycles. The Morgan fingerprint density at radius 1 is 1.17 bits per heavy atom. The molecule has 0 aliphatic carbocycles. The fraction of sp³-hybridized carbons (Fsp3) is 0.316. The Hall–Kier alpha value is -1.81. The summed E-state index contributed by atoms with van der Waals surface area (Å²) >= 11 is 3.42. The van der Waals surface area contributed by atoms with Crippen LogP contribution in [0.4, 0.5) is 0 Å². The van der Waals surface area contributed by atoms with E-state index in [1.165, 1.54) is 5.56 Å². The lowest BCUT2D eigenvalue weighted by atomic mass is 10.1. The largest absolute Gasteiger partial charge is 0.493 e. The first-order valence-electron chi connectivity index (χ1n) is 7.95. The molecule has 2 aromatic rings. The molecule has 0 atom stereocenters. The minimum Gasteiger partial charge on any atom is -0.493 e. The fourth-order valence-corrected chi connectivity index (χ4v) is 2.55. The number of halogens is 1. The Bertz CT molecular complexity index is 629. The maximum Gasteiger partial charge on any atom is 0.255 e. The molecular formula is C19H22BrNO2. The molecule has 4 heteroatoms. The van der Waals surface area contributed by atoms with Crippen molar-refractivity contribution >= 4 is 21.8 Å². The van der Waals surface area contributed by atoms with Crippen molar-refractivity contribution in [2.24, 2.45) is 0 Å². The lowest BCUT2D eigenvalue weighted by Crippen LogP contribution is -2.26. The second-order valence-electron chi connectivity index (χ2n) is 5.33. The number of carbonyl (C=O) groups excluding carboxylic acids is 1. The molecule has 0 aliphatic rings. The Kier molecular flexibility index (Phi) is 7.14. The smallest absolute Gasteiger partial charge is 0.255 e. The third-order valence-electron chi connectivity index (χ3n) is 3.48. The number of nitrogens with one attached hydrogen (secondary N) is 1. The minimum atomic E-state index is -0.103. The number of ether oxygens (including phenoxy) is 1. The van der Waals surface area contributed by atoms with Gasteiger partial charge in [0.05, 0.1) is 12.2 Å². The van der Waals surface area contributed by atoms with Crippen LogP contribution in [0.15, 0.2) is 53.0 Å². The molecule has 0 heterocycles. The number of hydrogen-bond donors (Lipinski definition) is 1. The second kappa shape index (κ2) is 9.36. The van der Waals surface area contributed by atoms with Gasteiger partial charge in [0.1, 0.15) is 5.75 Å². The molecule has 0 radical (unpaired) electrons. The van der Waals surface area contributed by atoms with Gasteiger partial charge in [0, 0.05) is 11.0 Å². The highest BCUT2D eigenvalue weighted by molar-refractivity contribution is 9.10. The van der Waals surface area contributed by atoms with Gasteiger partial charge in [-0.25, -0.2) is 0 Å². The average molecular weight is 376 g/mol. The van der Waals surface area contributed by atoms with Gasteiger partial charge in [0.15, 0.2) is 0 Å². The lowest BCUT2D eigenvalue weighted by molar-refractivity contribution is 0.0950. The summed E-state index contributed by atoms with van der Waals surface area (Å²) < 4.78 is 6.61. The van der Waals surface area contributed by atoms with E-state index in [0.717, 1.165) is 23.7 Å². The zero-order valence-electron chi connectivity index (χ0n) is 13.3. The van der Waals surface area contributed by atoms with Crippen molar-refractivity contribution in [3.8, 4) is 5.75 Å². The average Bonchev–Trinajstić information content (AvgIpc) is 2.57. The van der Waals surface area contributed by atoms with E-state index in [9.17, 15) is 4.79 Å². The summed E-state index contributed by atoms with van der Waals surface area (Å²) in [7, 11) is 0. The highest BCUT2D eigenvalue weighted by atomic mass is 79.9. The van der Waals surface area contributed by atoms with E-state index in [1.54, 1.807) is 6.07 Å². The maximum atomic E-state index is 12.4. The molecule has 1 N–H and O–H groups in total. The van der Waals surface area contributed by atoms with Gasteiger partial charge in [0.25, 0.3) is 5.91 Å². The van der Waals surface area contributed by atoms with Crippen molar-refractivity contribution in [3.63, 3.8) is 0 Å². The van der Waals surface area contributed by atoms with Gasteiger partial charge < -0.3 is 10.1 Å². The number of benzene rings is 2. The standard InChI is InChI=1S/C19H22BrNO2/c1-2-3-13-23-18-10-9-16(20)14-17(18)19(22)21-12-11-15-7-5-4-6-8-15/h4-10,14H,2-3,11-13H2,1H3,(H,21,22). The summed E-state index contributed by atoms with van der Waals surface area (Å²) in [5, 5.41) is 2.97. The van der Waals surface area contributed by atoms with Crippen LogP contribution < -0.4 is 10.1 Å². The first-order chi connectivity index (χ1) is 11.2. The van der Waals surface area contributed by atoms with Crippen LogP contribution in [-0.4, -0.2) is 19.1 Å². The molecule has 1 amide bonds.